The van der Waals surface area contributed by atoms with Crippen LogP contribution < -0.4 is 0 Å². The molecule has 0 atom stereocenters. The highest BCUT2D eigenvalue weighted by Crippen LogP contribution is 2.36. The molecule has 0 radical (unpaired) electrons. The van der Waals surface area contributed by atoms with Gasteiger partial charge in [0.2, 0.25) is 0 Å². The molecule has 0 fully saturated rings. The van der Waals surface area contributed by atoms with Crippen molar-refractivity contribution in [3.05, 3.63) is 133 Å². The maximum absolute atomic E-state index is 9.61. The van der Waals surface area contributed by atoms with Crippen molar-refractivity contribution in [3.63, 3.8) is 0 Å². The number of pyridine rings is 2. The molecule has 0 saturated heterocycles. The molecule has 0 aliphatic heterocycles. The second-order valence-corrected chi connectivity index (χ2v) is 10.2. The van der Waals surface area contributed by atoms with Gasteiger partial charge in [-0.3, -0.25) is 14.1 Å². The molecule has 0 unspecified atom stereocenters. The van der Waals surface area contributed by atoms with E-state index in [1.807, 2.05) is 85.2 Å². The number of benzene rings is 4. The van der Waals surface area contributed by atoms with Crippen LogP contribution in [0.2, 0.25) is 0 Å². The largest absolute Gasteiger partial charge is 0.294 e. The molecule has 0 aliphatic carbocycles. The van der Waals surface area contributed by atoms with Gasteiger partial charge in [0.1, 0.15) is 11.6 Å². The summed E-state index contributed by atoms with van der Waals surface area (Å²) in [6, 6.07) is 40.6. The SMILES string of the molecule is N#Cc1ccc(-c2cc(-n3c4ccccc4c4cc(C#N)ccc43)nc(-n3c4ccccc4c4ccncc43)c2)cc1. The van der Waals surface area contributed by atoms with Crippen LogP contribution in [-0.4, -0.2) is 19.1 Å². The first-order chi connectivity index (χ1) is 20.7. The van der Waals surface area contributed by atoms with Gasteiger partial charge in [-0.15, -0.1) is 0 Å². The normalized spacial score (nSPS) is 11.3. The van der Waals surface area contributed by atoms with Gasteiger partial charge in [0, 0.05) is 27.7 Å². The van der Waals surface area contributed by atoms with Crippen molar-refractivity contribution in [1.29, 1.82) is 10.5 Å². The lowest BCUT2D eigenvalue weighted by Crippen LogP contribution is -2.04. The second kappa shape index (κ2) is 9.16. The Kier molecular flexibility index (Phi) is 5.15. The summed E-state index contributed by atoms with van der Waals surface area (Å²) in [5, 5.41) is 23.3. The van der Waals surface area contributed by atoms with Crippen molar-refractivity contribution in [2.45, 2.75) is 0 Å². The van der Waals surface area contributed by atoms with Gasteiger partial charge < -0.3 is 0 Å². The Bertz CT molecular complexity index is 2380. The molecule has 0 amide bonds. The molecule has 0 bridgehead atoms. The fraction of sp³-hybridized carbons (Fsp3) is 0. The lowest BCUT2D eigenvalue weighted by molar-refractivity contribution is 1.01. The molecule has 8 aromatic rings. The Morgan fingerprint density at radius 2 is 1.07 bits per heavy atom. The van der Waals surface area contributed by atoms with Crippen molar-refractivity contribution >= 4 is 43.6 Å². The predicted octanol–water partition coefficient (Wildman–Crippen LogP) is 8.08. The van der Waals surface area contributed by atoms with Crippen LogP contribution in [0.25, 0.3) is 66.4 Å². The smallest absolute Gasteiger partial charge is 0.140 e. The molecule has 194 valence electrons. The van der Waals surface area contributed by atoms with Gasteiger partial charge in [-0.1, -0.05) is 48.5 Å². The van der Waals surface area contributed by atoms with Gasteiger partial charge >= 0.3 is 0 Å². The Morgan fingerprint density at radius 1 is 0.500 bits per heavy atom. The van der Waals surface area contributed by atoms with Crippen molar-refractivity contribution in [1.82, 2.24) is 19.1 Å². The zero-order valence-corrected chi connectivity index (χ0v) is 22.2. The van der Waals surface area contributed by atoms with Crippen LogP contribution in [0.3, 0.4) is 0 Å². The van der Waals surface area contributed by atoms with E-state index < -0.39 is 0 Å². The van der Waals surface area contributed by atoms with E-state index in [-0.39, 0.29) is 0 Å². The summed E-state index contributed by atoms with van der Waals surface area (Å²) in [7, 11) is 0. The number of fused-ring (bicyclic) bond motifs is 6. The molecule has 4 aromatic carbocycles. The van der Waals surface area contributed by atoms with Gasteiger partial charge in [0.05, 0.1) is 51.5 Å². The first kappa shape index (κ1) is 23.6. The molecule has 0 aliphatic rings. The summed E-state index contributed by atoms with van der Waals surface area (Å²) >= 11 is 0. The molecule has 4 heterocycles. The summed E-state index contributed by atoms with van der Waals surface area (Å²) in [4.78, 5) is 9.76. The number of hydrogen-bond acceptors (Lipinski definition) is 4. The monoisotopic (exact) mass is 536 g/mol. The predicted molar refractivity (Wildman–Crippen MR) is 166 cm³/mol. The van der Waals surface area contributed by atoms with Crippen LogP contribution in [0.15, 0.2) is 122 Å². The minimum absolute atomic E-state index is 0.609. The molecule has 6 heteroatoms. The molecule has 0 spiro atoms. The van der Waals surface area contributed by atoms with Crippen LogP contribution >= 0.6 is 0 Å². The summed E-state index contributed by atoms with van der Waals surface area (Å²) in [6.45, 7) is 0. The van der Waals surface area contributed by atoms with E-state index >= 15 is 0 Å². The number of nitrogens with zero attached hydrogens (tertiary/aromatic N) is 6. The minimum atomic E-state index is 0.609. The Labute approximate surface area is 240 Å². The number of hydrogen-bond donors (Lipinski definition) is 0. The van der Waals surface area contributed by atoms with Gasteiger partial charge in [-0.05, 0) is 71.8 Å². The Morgan fingerprint density at radius 3 is 1.76 bits per heavy atom. The molecule has 6 nitrogen and oxygen atoms in total. The van der Waals surface area contributed by atoms with E-state index in [9.17, 15) is 10.5 Å². The first-order valence-corrected chi connectivity index (χ1v) is 13.5. The van der Waals surface area contributed by atoms with E-state index in [4.69, 9.17) is 4.98 Å². The summed E-state index contributed by atoms with van der Waals surface area (Å²) in [5.41, 5.74) is 7.14. The first-order valence-electron chi connectivity index (χ1n) is 13.5. The molecule has 0 N–H and O–H groups in total. The van der Waals surface area contributed by atoms with Crippen LogP contribution in [0.5, 0.6) is 0 Å². The van der Waals surface area contributed by atoms with Crippen LogP contribution in [0.4, 0.5) is 0 Å². The number of rotatable bonds is 3. The fourth-order valence-electron chi connectivity index (χ4n) is 5.99. The highest BCUT2D eigenvalue weighted by molar-refractivity contribution is 6.10. The van der Waals surface area contributed by atoms with Crippen LogP contribution in [0, 0.1) is 22.7 Å². The third-order valence-corrected chi connectivity index (χ3v) is 7.88. The number of para-hydroxylation sites is 2. The van der Waals surface area contributed by atoms with E-state index in [1.165, 1.54) is 0 Å². The third kappa shape index (κ3) is 3.50. The highest BCUT2D eigenvalue weighted by atomic mass is 15.1. The molecule has 8 rings (SSSR count). The van der Waals surface area contributed by atoms with Crippen molar-refractivity contribution in [3.8, 4) is 34.9 Å². The zero-order chi connectivity index (χ0) is 28.2. The molecular formula is C36H20N6. The Hall–Kier alpha value is -6.24. The van der Waals surface area contributed by atoms with Gasteiger partial charge in [0.25, 0.3) is 0 Å². The topological polar surface area (TPSA) is 83.2 Å². The standard InChI is InChI=1S/C36H20N6/c37-20-23-9-12-25(13-10-23)26-18-35(41-32-8-4-2-6-28(32)30-17-24(21-38)11-14-33(30)41)40-36(19-26)42-31-7-3-1-5-27(31)29-15-16-39-22-34(29)42/h1-19,22H. The molecule has 0 saturated carbocycles. The minimum Gasteiger partial charge on any atom is -0.294 e. The summed E-state index contributed by atoms with van der Waals surface area (Å²) in [5.74, 6) is 1.50. The fourth-order valence-corrected chi connectivity index (χ4v) is 5.99. The second-order valence-electron chi connectivity index (χ2n) is 10.2. The molecule has 42 heavy (non-hydrogen) atoms. The molecular weight excluding hydrogens is 516 g/mol. The summed E-state index contributed by atoms with van der Waals surface area (Å²) < 4.78 is 4.32. The van der Waals surface area contributed by atoms with Gasteiger partial charge in [-0.2, -0.15) is 10.5 Å². The van der Waals surface area contributed by atoms with Crippen LogP contribution in [0.1, 0.15) is 11.1 Å². The van der Waals surface area contributed by atoms with E-state index in [1.54, 1.807) is 0 Å². The average molecular weight is 537 g/mol. The van der Waals surface area contributed by atoms with E-state index in [0.717, 1.165) is 66.4 Å². The average Bonchev–Trinajstić information content (AvgIpc) is 3.57. The molecule has 4 aromatic heterocycles. The lowest BCUT2D eigenvalue weighted by Gasteiger charge is -2.14. The van der Waals surface area contributed by atoms with E-state index in [0.29, 0.717) is 11.1 Å². The Balaban J connectivity index is 1.49. The van der Waals surface area contributed by atoms with Gasteiger partial charge in [-0.25, -0.2) is 4.98 Å². The lowest BCUT2D eigenvalue weighted by atomic mass is 10.0. The quantitative estimate of drug-likeness (QED) is 0.228. The third-order valence-electron chi connectivity index (χ3n) is 7.88. The summed E-state index contributed by atoms with van der Waals surface area (Å²) in [6.07, 6.45) is 3.70. The number of nitriles is 2. The van der Waals surface area contributed by atoms with Crippen molar-refractivity contribution < 1.29 is 0 Å². The van der Waals surface area contributed by atoms with Crippen LogP contribution in [-0.2, 0) is 0 Å². The van der Waals surface area contributed by atoms with E-state index in [2.05, 4.69) is 62.7 Å². The zero-order valence-electron chi connectivity index (χ0n) is 22.2. The maximum Gasteiger partial charge on any atom is 0.140 e. The van der Waals surface area contributed by atoms with Gasteiger partial charge in [0.15, 0.2) is 0 Å². The van der Waals surface area contributed by atoms with Crippen molar-refractivity contribution in [2.75, 3.05) is 0 Å². The number of aromatic nitrogens is 4. The highest BCUT2D eigenvalue weighted by Gasteiger charge is 2.18. The maximum atomic E-state index is 9.61. The van der Waals surface area contributed by atoms with Crippen molar-refractivity contribution in [2.24, 2.45) is 0 Å².